The highest BCUT2D eigenvalue weighted by Gasteiger charge is 2.51. The molecule has 9 N–H and O–H groups in total. The van der Waals surface area contributed by atoms with Crippen molar-refractivity contribution in [3.63, 3.8) is 0 Å². The van der Waals surface area contributed by atoms with Gasteiger partial charge in [0.25, 0.3) is 0 Å². The Morgan fingerprint density at radius 3 is 2.05 bits per heavy atom. The molecule has 3 aromatic rings. The molecule has 6 atom stereocenters. The second-order valence-corrected chi connectivity index (χ2v) is 14.2. The van der Waals surface area contributed by atoms with E-state index in [1.165, 1.54) is 0 Å². The van der Waals surface area contributed by atoms with Gasteiger partial charge >= 0.3 is 5.97 Å². The van der Waals surface area contributed by atoms with Gasteiger partial charge in [-0.05, 0) is 61.1 Å². The molecule has 2 aliphatic rings. The first-order valence-electron chi connectivity index (χ1n) is 18.9. The monoisotopic (exact) mass is 766 g/mol. The molecule has 2 fully saturated rings. The second kappa shape index (κ2) is 19.9. The molecule has 0 aliphatic carbocycles. The average Bonchev–Trinajstić information content (AvgIpc) is 3.55. The van der Waals surface area contributed by atoms with Gasteiger partial charge in [0.15, 0.2) is 5.96 Å². The highest BCUT2D eigenvalue weighted by atomic mass is 16.4. The standard InChI is InChI=1S/C41H50N8O7/c42-41(43)44-20-10-17-30(38(54)48-32(24-36(51)52)37(53)45-25-28-15-8-3-9-16-28)47-39(55)34-23-29(21-26-11-4-1-5-12-26)33-19-18-31(40(56)49(33)34)46-35(50)22-27-13-6-2-7-14-27/h1-9,11-16,29-34H,10,17-25H2,(H,45,53)(H,46,50)(H,47,55)(H,48,54)(H,51,52)(H4,42,43,44)/t29-,30+,31+,32+,33+,34+/m1/s1. The number of fused-ring (bicyclic) bond motifs is 1. The van der Waals surface area contributed by atoms with Crippen LogP contribution in [0.4, 0.5) is 0 Å². The number of amides is 5. The number of nitrogens with one attached hydrogen (secondary N) is 4. The Hall–Kier alpha value is -6.25. The summed E-state index contributed by atoms with van der Waals surface area (Å²) in [6, 6.07) is 23.2. The summed E-state index contributed by atoms with van der Waals surface area (Å²) >= 11 is 0. The summed E-state index contributed by atoms with van der Waals surface area (Å²) in [4.78, 5) is 85.9. The molecule has 2 aliphatic heterocycles. The number of rotatable bonds is 18. The third-order valence-corrected chi connectivity index (χ3v) is 10.2. The number of piperidine rings is 1. The maximum Gasteiger partial charge on any atom is 0.305 e. The Labute approximate surface area is 325 Å². The molecule has 3 aromatic carbocycles. The van der Waals surface area contributed by atoms with Crippen LogP contribution in [0.1, 0.15) is 55.2 Å². The van der Waals surface area contributed by atoms with Gasteiger partial charge in [-0.1, -0.05) is 91.0 Å². The van der Waals surface area contributed by atoms with Gasteiger partial charge in [0, 0.05) is 19.1 Å². The molecule has 15 nitrogen and oxygen atoms in total. The zero-order valence-corrected chi connectivity index (χ0v) is 31.1. The number of carboxylic acids is 1. The molecule has 56 heavy (non-hydrogen) atoms. The van der Waals surface area contributed by atoms with Crippen molar-refractivity contribution in [3.05, 3.63) is 108 Å². The van der Waals surface area contributed by atoms with Crippen LogP contribution in [-0.2, 0) is 48.2 Å². The number of benzene rings is 3. The van der Waals surface area contributed by atoms with Crippen LogP contribution in [0.25, 0.3) is 0 Å². The fourth-order valence-electron chi connectivity index (χ4n) is 7.48. The van der Waals surface area contributed by atoms with Crippen LogP contribution >= 0.6 is 0 Å². The first-order chi connectivity index (χ1) is 27.0. The van der Waals surface area contributed by atoms with E-state index >= 15 is 0 Å². The Kier molecular flexibility index (Phi) is 14.5. The lowest BCUT2D eigenvalue weighted by Gasteiger charge is -2.39. The summed E-state index contributed by atoms with van der Waals surface area (Å²) in [6.07, 6.45) is 1.57. The van der Waals surface area contributed by atoms with Crippen LogP contribution in [0.2, 0.25) is 0 Å². The zero-order chi connectivity index (χ0) is 40.0. The predicted molar refractivity (Wildman–Crippen MR) is 208 cm³/mol. The molecule has 0 saturated carbocycles. The zero-order valence-electron chi connectivity index (χ0n) is 31.1. The van der Waals surface area contributed by atoms with Crippen LogP contribution in [-0.4, -0.2) is 88.2 Å². The molecule has 0 aromatic heterocycles. The van der Waals surface area contributed by atoms with E-state index in [-0.39, 0.29) is 62.1 Å². The van der Waals surface area contributed by atoms with Crippen molar-refractivity contribution in [2.24, 2.45) is 22.4 Å². The number of carboxylic acid groups (broad SMARTS) is 1. The number of guanidine groups is 1. The third kappa shape index (κ3) is 11.6. The summed E-state index contributed by atoms with van der Waals surface area (Å²) in [5.41, 5.74) is 13.6. The fourth-order valence-corrected chi connectivity index (χ4v) is 7.48. The number of nitrogens with zero attached hydrogens (tertiary/aromatic N) is 2. The highest BCUT2D eigenvalue weighted by molar-refractivity contribution is 5.97. The highest BCUT2D eigenvalue weighted by Crippen LogP contribution is 2.39. The van der Waals surface area contributed by atoms with E-state index in [0.717, 1.165) is 16.7 Å². The first-order valence-corrected chi connectivity index (χ1v) is 18.9. The fraction of sp³-hybridized carbons (Fsp3) is 0.390. The average molecular weight is 767 g/mol. The van der Waals surface area contributed by atoms with E-state index in [2.05, 4.69) is 26.3 Å². The van der Waals surface area contributed by atoms with Crippen LogP contribution in [0.5, 0.6) is 0 Å². The van der Waals surface area contributed by atoms with Crippen molar-refractivity contribution >= 4 is 41.5 Å². The summed E-state index contributed by atoms with van der Waals surface area (Å²) in [7, 11) is 0. The Bertz CT molecular complexity index is 1860. The SMILES string of the molecule is NC(N)=NCCC[C@H](NC(=O)[C@@H]1C[C@@H](Cc2ccccc2)[C@@H]2CC[C@H](NC(=O)Cc3ccccc3)C(=O)N12)C(=O)N[C@@H](CC(=O)O)C(=O)NCc1ccccc1. The molecule has 5 amide bonds. The van der Waals surface area contributed by atoms with Gasteiger partial charge in [-0.15, -0.1) is 0 Å². The summed E-state index contributed by atoms with van der Waals surface area (Å²) in [5.74, 6) is -4.30. The number of carbonyl (C=O) groups is 6. The molecule has 0 unspecified atom stereocenters. The lowest BCUT2D eigenvalue weighted by atomic mass is 9.86. The van der Waals surface area contributed by atoms with Crippen molar-refractivity contribution in [1.29, 1.82) is 0 Å². The molecule has 296 valence electrons. The van der Waals surface area contributed by atoms with E-state index in [4.69, 9.17) is 11.5 Å². The number of aliphatic imine (C=N–C) groups is 1. The van der Waals surface area contributed by atoms with E-state index < -0.39 is 54.3 Å². The van der Waals surface area contributed by atoms with Gasteiger partial charge in [0.2, 0.25) is 29.5 Å². The van der Waals surface area contributed by atoms with Crippen molar-refractivity contribution in [2.45, 2.75) is 88.1 Å². The number of aliphatic carboxylic acids is 1. The topological polar surface area (TPSA) is 238 Å². The largest absolute Gasteiger partial charge is 0.481 e. The second-order valence-electron chi connectivity index (χ2n) is 14.2. The molecule has 0 radical (unpaired) electrons. The number of nitrogens with two attached hydrogens (primary N) is 2. The van der Waals surface area contributed by atoms with Gasteiger partial charge < -0.3 is 42.7 Å². The lowest BCUT2D eigenvalue weighted by molar-refractivity contribution is -0.147. The smallest absolute Gasteiger partial charge is 0.305 e. The van der Waals surface area contributed by atoms with Gasteiger partial charge in [0.05, 0.1) is 12.8 Å². The lowest BCUT2D eigenvalue weighted by Crippen LogP contribution is -2.61. The third-order valence-electron chi connectivity index (χ3n) is 10.2. The molecule has 2 heterocycles. The van der Waals surface area contributed by atoms with E-state index in [1.807, 2.05) is 66.7 Å². The van der Waals surface area contributed by atoms with Gasteiger partial charge in [0.1, 0.15) is 24.2 Å². The predicted octanol–water partition coefficient (Wildman–Crippen LogP) is 1.15. The van der Waals surface area contributed by atoms with Crippen LogP contribution in [0.3, 0.4) is 0 Å². The van der Waals surface area contributed by atoms with Crippen LogP contribution in [0, 0.1) is 5.92 Å². The Balaban J connectivity index is 1.34. The molecule has 0 spiro atoms. The Morgan fingerprint density at radius 2 is 1.43 bits per heavy atom. The van der Waals surface area contributed by atoms with E-state index in [9.17, 15) is 33.9 Å². The molecular formula is C41H50N8O7. The van der Waals surface area contributed by atoms with Crippen LogP contribution in [0.15, 0.2) is 96.0 Å². The van der Waals surface area contributed by atoms with E-state index in [0.29, 0.717) is 25.7 Å². The summed E-state index contributed by atoms with van der Waals surface area (Å²) in [6.45, 7) is 0.243. The quantitative estimate of drug-likeness (QED) is 0.0558. The molecule has 0 bridgehead atoms. The van der Waals surface area contributed by atoms with Crippen LogP contribution < -0.4 is 32.7 Å². The molecular weight excluding hydrogens is 716 g/mol. The van der Waals surface area contributed by atoms with Gasteiger partial charge in [-0.2, -0.15) is 0 Å². The number of hydrogen-bond donors (Lipinski definition) is 7. The minimum Gasteiger partial charge on any atom is -0.481 e. The van der Waals surface area contributed by atoms with Crippen molar-refractivity contribution < 1.29 is 33.9 Å². The van der Waals surface area contributed by atoms with Gasteiger partial charge in [-0.3, -0.25) is 33.8 Å². The van der Waals surface area contributed by atoms with Crippen molar-refractivity contribution in [3.8, 4) is 0 Å². The van der Waals surface area contributed by atoms with Crippen molar-refractivity contribution in [2.75, 3.05) is 6.54 Å². The van der Waals surface area contributed by atoms with Gasteiger partial charge in [-0.25, -0.2) is 0 Å². The number of hydrogen-bond acceptors (Lipinski definition) is 7. The van der Waals surface area contributed by atoms with E-state index in [1.54, 1.807) is 29.2 Å². The van der Waals surface area contributed by atoms with Crippen molar-refractivity contribution in [1.82, 2.24) is 26.2 Å². The molecule has 15 heteroatoms. The maximum atomic E-state index is 14.3. The maximum absolute atomic E-state index is 14.3. The summed E-state index contributed by atoms with van der Waals surface area (Å²) < 4.78 is 0. The first kappa shape index (κ1) is 40.9. The minimum absolute atomic E-state index is 0.0372. The summed E-state index contributed by atoms with van der Waals surface area (Å²) in [5, 5.41) is 20.5. The normalized spacial score (nSPS) is 19.8. The molecule has 2 saturated heterocycles. The minimum atomic E-state index is -1.45. The molecule has 5 rings (SSSR count). The number of carbonyl (C=O) groups excluding carboxylic acids is 5. The Morgan fingerprint density at radius 1 is 0.804 bits per heavy atom.